The van der Waals surface area contributed by atoms with E-state index in [0.29, 0.717) is 6.54 Å². The second-order valence-electron chi connectivity index (χ2n) is 9.37. The van der Waals surface area contributed by atoms with E-state index in [0.717, 1.165) is 22.9 Å². The van der Waals surface area contributed by atoms with Crippen LogP contribution in [0.4, 0.5) is 0 Å². The summed E-state index contributed by atoms with van der Waals surface area (Å²) in [6, 6.07) is 7.11. The molecule has 1 amide bonds. The van der Waals surface area contributed by atoms with Gasteiger partial charge < -0.3 is 10.0 Å². The molecular formula is C28H42BrNO3. The fourth-order valence-corrected chi connectivity index (χ4v) is 4.98. The third-order valence-electron chi connectivity index (χ3n) is 6.62. The molecule has 0 saturated heterocycles. The van der Waals surface area contributed by atoms with Crippen LogP contribution >= 0.6 is 15.9 Å². The van der Waals surface area contributed by atoms with E-state index in [2.05, 4.69) is 22.9 Å². The van der Waals surface area contributed by atoms with E-state index in [-0.39, 0.29) is 17.1 Å². The molecule has 0 radical (unpaired) electrons. The van der Waals surface area contributed by atoms with Gasteiger partial charge in [-0.15, -0.1) is 0 Å². The minimum atomic E-state index is -0.495. The highest BCUT2D eigenvalue weighted by atomic mass is 79.9. The molecule has 1 N–H and O–H groups in total. The van der Waals surface area contributed by atoms with Crippen LogP contribution in [0.2, 0.25) is 0 Å². The van der Waals surface area contributed by atoms with Gasteiger partial charge in [-0.3, -0.25) is 9.59 Å². The topological polar surface area (TPSA) is 57.6 Å². The lowest BCUT2D eigenvalue weighted by Gasteiger charge is -2.26. The average Bonchev–Trinajstić information content (AvgIpc) is 3.05. The number of Topliss-reactive ketones (excluding diaryl/α,β-unsaturated/α-hetero) is 1. The van der Waals surface area contributed by atoms with Crippen molar-refractivity contribution in [1.29, 1.82) is 0 Å². The Morgan fingerprint density at radius 1 is 0.848 bits per heavy atom. The van der Waals surface area contributed by atoms with Gasteiger partial charge in [0.2, 0.25) is 0 Å². The third-order valence-corrected chi connectivity index (χ3v) is 7.15. The molecule has 184 valence electrons. The quantitative estimate of drug-likeness (QED) is 0.211. The molecule has 0 fully saturated rings. The molecule has 4 nitrogen and oxygen atoms in total. The number of rotatable bonds is 17. The van der Waals surface area contributed by atoms with Gasteiger partial charge in [0.05, 0.1) is 11.6 Å². The highest BCUT2D eigenvalue weighted by molar-refractivity contribution is 9.10. The van der Waals surface area contributed by atoms with Crippen molar-refractivity contribution in [2.45, 2.75) is 110 Å². The molecule has 2 rings (SSSR count). The molecule has 1 aromatic rings. The van der Waals surface area contributed by atoms with Crippen LogP contribution in [0.5, 0.6) is 0 Å². The number of unbranched alkanes of at least 4 members (excludes halogenated alkanes) is 13. The Morgan fingerprint density at radius 3 is 1.76 bits per heavy atom. The van der Waals surface area contributed by atoms with E-state index in [1.165, 1.54) is 84.0 Å². The first-order valence-electron chi connectivity index (χ1n) is 13.0. The Kier molecular flexibility index (Phi) is 12.8. The van der Waals surface area contributed by atoms with Crippen LogP contribution in [-0.2, 0) is 9.59 Å². The molecule has 0 saturated carbocycles. The normalized spacial score (nSPS) is 16.2. The van der Waals surface area contributed by atoms with Crippen LogP contribution in [0.3, 0.4) is 0 Å². The number of hydrogen-bond acceptors (Lipinski definition) is 3. The number of carbonyl (C=O) groups is 2. The molecule has 33 heavy (non-hydrogen) atoms. The number of halogens is 1. The summed E-state index contributed by atoms with van der Waals surface area (Å²) in [5.74, 6) is -1.07. The standard InChI is InChI=1S/C28H42BrNO3/c1-3-4-5-6-7-8-9-10-11-12-13-14-15-16-21-30-26(23-17-19-24(29)20-18-23)25(22(2)31)27(32)28(30)33/h17-20,26,32H,3-16,21H2,1-2H3/t26-/m1/s1. The summed E-state index contributed by atoms with van der Waals surface area (Å²) in [5, 5.41) is 10.4. The maximum Gasteiger partial charge on any atom is 0.290 e. The molecule has 0 spiro atoms. The van der Waals surface area contributed by atoms with Crippen LogP contribution in [0.15, 0.2) is 40.1 Å². The monoisotopic (exact) mass is 519 g/mol. The minimum Gasteiger partial charge on any atom is -0.503 e. The molecule has 0 aromatic heterocycles. The number of amides is 1. The Balaban J connectivity index is 1.68. The summed E-state index contributed by atoms with van der Waals surface area (Å²) in [6.07, 6.45) is 18.0. The minimum absolute atomic E-state index is 0.215. The Bertz CT molecular complexity index is 772. The summed E-state index contributed by atoms with van der Waals surface area (Å²) < 4.78 is 0.937. The van der Waals surface area contributed by atoms with Gasteiger partial charge in [0.25, 0.3) is 5.91 Å². The van der Waals surface area contributed by atoms with Crippen molar-refractivity contribution in [3.63, 3.8) is 0 Å². The van der Waals surface area contributed by atoms with Crippen molar-refractivity contribution in [3.05, 3.63) is 45.6 Å². The fourth-order valence-electron chi connectivity index (χ4n) is 4.71. The first-order valence-corrected chi connectivity index (χ1v) is 13.8. The number of aliphatic hydroxyl groups excluding tert-OH is 1. The molecule has 1 aliphatic rings. The second-order valence-corrected chi connectivity index (χ2v) is 10.3. The lowest BCUT2D eigenvalue weighted by Crippen LogP contribution is -2.32. The SMILES string of the molecule is CCCCCCCCCCCCCCCCN1C(=O)C(O)=C(C(C)=O)[C@H]1c1ccc(Br)cc1. The zero-order chi connectivity index (χ0) is 24.1. The van der Waals surface area contributed by atoms with Crippen molar-refractivity contribution in [1.82, 2.24) is 4.90 Å². The number of benzene rings is 1. The Labute approximate surface area is 209 Å². The molecule has 1 atom stereocenters. The van der Waals surface area contributed by atoms with Crippen LogP contribution in [0.25, 0.3) is 0 Å². The maximum absolute atomic E-state index is 12.7. The summed E-state index contributed by atoms with van der Waals surface area (Å²) >= 11 is 3.43. The van der Waals surface area contributed by atoms with Crippen LogP contribution in [0.1, 0.15) is 115 Å². The van der Waals surface area contributed by atoms with Gasteiger partial charge in [0.1, 0.15) is 0 Å². The molecule has 5 heteroatoms. The summed E-state index contributed by atoms with van der Waals surface area (Å²) in [6.45, 7) is 4.23. The first-order chi connectivity index (χ1) is 16.0. The number of ketones is 1. The molecule has 1 aromatic carbocycles. The smallest absolute Gasteiger partial charge is 0.290 e. The Morgan fingerprint density at radius 2 is 1.30 bits per heavy atom. The summed E-state index contributed by atoms with van der Waals surface area (Å²) in [7, 11) is 0. The van der Waals surface area contributed by atoms with Gasteiger partial charge >= 0.3 is 0 Å². The van der Waals surface area contributed by atoms with E-state index < -0.39 is 11.9 Å². The molecule has 0 aliphatic carbocycles. The van der Waals surface area contributed by atoms with E-state index in [4.69, 9.17) is 0 Å². The lowest BCUT2D eigenvalue weighted by molar-refractivity contribution is -0.129. The summed E-state index contributed by atoms with van der Waals surface area (Å²) in [4.78, 5) is 26.5. The predicted molar refractivity (Wildman–Crippen MR) is 139 cm³/mol. The van der Waals surface area contributed by atoms with E-state index >= 15 is 0 Å². The van der Waals surface area contributed by atoms with E-state index in [1.54, 1.807) is 4.90 Å². The molecule has 1 aliphatic heterocycles. The second kappa shape index (κ2) is 15.3. The highest BCUT2D eigenvalue weighted by Crippen LogP contribution is 2.38. The highest BCUT2D eigenvalue weighted by Gasteiger charge is 2.41. The maximum atomic E-state index is 12.7. The first kappa shape index (κ1) is 27.6. The average molecular weight is 521 g/mol. The van der Waals surface area contributed by atoms with Gasteiger partial charge in [0.15, 0.2) is 11.5 Å². The van der Waals surface area contributed by atoms with Gasteiger partial charge in [-0.25, -0.2) is 0 Å². The fraction of sp³-hybridized carbons (Fsp3) is 0.643. The van der Waals surface area contributed by atoms with E-state index in [1.807, 2.05) is 24.3 Å². The number of carbonyl (C=O) groups excluding carboxylic acids is 2. The molecular weight excluding hydrogens is 478 g/mol. The number of nitrogens with zero attached hydrogens (tertiary/aromatic N) is 1. The number of hydrogen-bond donors (Lipinski definition) is 1. The third kappa shape index (κ3) is 8.92. The zero-order valence-corrected chi connectivity index (χ0v) is 22.2. The van der Waals surface area contributed by atoms with Crippen molar-refractivity contribution >= 4 is 27.6 Å². The van der Waals surface area contributed by atoms with Crippen molar-refractivity contribution in [2.24, 2.45) is 0 Å². The van der Waals surface area contributed by atoms with Crippen LogP contribution in [-0.4, -0.2) is 28.2 Å². The zero-order valence-electron chi connectivity index (χ0n) is 20.6. The Hall–Kier alpha value is -1.62. The molecule has 1 heterocycles. The van der Waals surface area contributed by atoms with Gasteiger partial charge in [-0.05, 0) is 31.0 Å². The summed E-state index contributed by atoms with van der Waals surface area (Å²) in [5.41, 5.74) is 1.07. The van der Waals surface area contributed by atoms with E-state index in [9.17, 15) is 14.7 Å². The van der Waals surface area contributed by atoms with Crippen molar-refractivity contribution in [2.75, 3.05) is 6.54 Å². The van der Waals surface area contributed by atoms with Gasteiger partial charge in [-0.2, -0.15) is 0 Å². The van der Waals surface area contributed by atoms with Crippen molar-refractivity contribution < 1.29 is 14.7 Å². The largest absolute Gasteiger partial charge is 0.503 e. The van der Waals surface area contributed by atoms with Gasteiger partial charge in [-0.1, -0.05) is 118 Å². The number of aliphatic hydroxyl groups is 1. The lowest BCUT2D eigenvalue weighted by atomic mass is 9.96. The van der Waals surface area contributed by atoms with Gasteiger partial charge in [0, 0.05) is 11.0 Å². The van der Waals surface area contributed by atoms with Crippen LogP contribution < -0.4 is 0 Å². The van der Waals surface area contributed by atoms with Crippen molar-refractivity contribution in [3.8, 4) is 0 Å². The van der Waals surface area contributed by atoms with Crippen LogP contribution in [0, 0.1) is 0 Å². The molecule has 0 unspecified atom stereocenters. The predicted octanol–water partition coefficient (Wildman–Crippen LogP) is 8.21. The molecule has 0 bridgehead atoms.